The van der Waals surface area contributed by atoms with Gasteiger partial charge in [-0.05, 0) is 105 Å². The number of carbonyl (C=O) groups is 2. The molecule has 1 N–H and O–H groups in total. The summed E-state index contributed by atoms with van der Waals surface area (Å²) in [4.78, 5) is 32.4. The summed E-state index contributed by atoms with van der Waals surface area (Å²) in [6.07, 6.45) is -6.41. The second-order valence-corrected chi connectivity index (χ2v) is 16.7. The summed E-state index contributed by atoms with van der Waals surface area (Å²) in [5, 5.41) is 9.99. The SMILES string of the molecule is O=C(CO[C@H]1Cc2ccccc2C12CCN(CC[C@@]1(c3ccc(Cl)c(Cl)c3)CN(C(=O)c3cc(C(F)(F)F)cc(C(F)(F)F)c3)CCO1)CC2)N1CCC(CO)CC1. The number of rotatable bonds is 9. The van der Waals surface area contributed by atoms with E-state index >= 15 is 0 Å². The highest BCUT2D eigenvalue weighted by Gasteiger charge is 2.50. The van der Waals surface area contributed by atoms with Crippen molar-refractivity contribution < 1.29 is 50.5 Å². The van der Waals surface area contributed by atoms with Gasteiger partial charge in [0.1, 0.15) is 12.2 Å². The van der Waals surface area contributed by atoms with E-state index in [-0.39, 0.29) is 72.4 Å². The van der Waals surface area contributed by atoms with Crippen molar-refractivity contribution in [1.29, 1.82) is 0 Å². The van der Waals surface area contributed by atoms with E-state index in [0.29, 0.717) is 63.3 Å². The topological polar surface area (TPSA) is 82.5 Å². The molecule has 2 atom stereocenters. The number of morpholine rings is 1. The van der Waals surface area contributed by atoms with Gasteiger partial charge in [0.05, 0.1) is 40.4 Å². The number of carbonyl (C=O) groups excluding carboxylic acids is 2. The van der Waals surface area contributed by atoms with Gasteiger partial charge in [-0.1, -0.05) is 53.5 Å². The van der Waals surface area contributed by atoms with Crippen molar-refractivity contribution in [3.8, 4) is 0 Å². The summed E-state index contributed by atoms with van der Waals surface area (Å²) in [5.74, 6) is -0.822. The Kier molecular flexibility index (Phi) is 12.5. The summed E-state index contributed by atoms with van der Waals surface area (Å²) in [5.41, 5.74) is -2.42. The predicted octanol–water partition coefficient (Wildman–Crippen LogP) is 8.00. The van der Waals surface area contributed by atoms with Gasteiger partial charge in [0.15, 0.2) is 0 Å². The van der Waals surface area contributed by atoms with Crippen LogP contribution in [0.4, 0.5) is 26.3 Å². The first-order chi connectivity index (χ1) is 27.5. The molecule has 58 heavy (non-hydrogen) atoms. The largest absolute Gasteiger partial charge is 0.416 e. The first-order valence-electron chi connectivity index (χ1n) is 19.5. The number of halogens is 8. The van der Waals surface area contributed by atoms with E-state index in [1.807, 2.05) is 17.0 Å². The van der Waals surface area contributed by atoms with Gasteiger partial charge < -0.3 is 29.3 Å². The molecule has 8 nitrogen and oxygen atoms in total. The van der Waals surface area contributed by atoms with E-state index in [9.17, 15) is 41.0 Å². The van der Waals surface area contributed by atoms with Crippen LogP contribution in [0.3, 0.4) is 0 Å². The lowest BCUT2D eigenvalue weighted by Crippen LogP contribution is -2.54. The van der Waals surface area contributed by atoms with Crippen molar-refractivity contribution in [2.45, 2.75) is 68.0 Å². The van der Waals surface area contributed by atoms with Gasteiger partial charge in [-0.2, -0.15) is 26.3 Å². The zero-order chi connectivity index (χ0) is 41.5. The number of hydrogen-bond donors (Lipinski definition) is 1. The Labute approximate surface area is 343 Å². The lowest BCUT2D eigenvalue weighted by molar-refractivity contribution is -0.143. The van der Waals surface area contributed by atoms with E-state index in [1.165, 1.54) is 16.0 Å². The van der Waals surface area contributed by atoms with Gasteiger partial charge in [0.2, 0.25) is 5.91 Å². The number of benzene rings is 3. The molecule has 0 saturated carbocycles. The van der Waals surface area contributed by atoms with E-state index in [1.54, 1.807) is 18.2 Å². The normalized spacial score (nSPS) is 23.0. The number of amides is 2. The van der Waals surface area contributed by atoms with Gasteiger partial charge in [0.25, 0.3) is 5.91 Å². The molecule has 7 rings (SSSR count). The summed E-state index contributed by atoms with van der Waals surface area (Å²) in [6.45, 7) is 2.86. The molecule has 3 aliphatic heterocycles. The quantitative estimate of drug-likeness (QED) is 0.220. The molecule has 3 fully saturated rings. The van der Waals surface area contributed by atoms with Gasteiger partial charge in [0, 0.05) is 43.8 Å². The van der Waals surface area contributed by atoms with Crippen molar-refractivity contribution in [2.75, 3.05) is 65.6 Å². The highest BCUT2D eigenvalue weighted by Crippen LogP contribution is 2.48. The Morgan fingerprint density at radius 2 is 1.52 bits per heavy atom. The molecule has 3 heterocycles. The fourth-order valence-electron chi connectivity index (χ4n) is 9.17. The number of hydrogen-bond acceptors (Lipinski definition) is 6. The third-order valence-corrected chi connectivity index (χ3v) is 13.3. The van der Waals surface area contributed by atoms with Gasteiger partial charge >= 0.3 is 12.4 Å². The number of fused-ring (bicyclic) bond motifs is 2. The first kappa shape index (κ1) is 42.7. The van der Waals surface area contributed by atoms with E-state index < -0.39 is 40.6 Å². The standard InChI is InChI=1S/C42H45Cl2F6N3O5/c43-34-6-5-30(23-35(34)44)40(26-53(17-18-58-40)38(56)29-19-31(41(45,46)47)22-32(20-29)42(48,49)50)11-16-51-14-9-39(10-15-51)33-4-2-1-3-28(33)21-36(39)57-25-37(55)52-12-7-27(24-54)8-13-52/h1-6,19-20,22-23,27,36,54H,7-18,21,24-26H2/t36-,40-/m0/s1. The number of nitrogens with zero attached hydrogens (tertiary/aromatic N) is 3. The second kappa shape index (κ2) is 16.9. The van der Waals surface area contributed by atoms with Crippen LogP contribution in [0.2, 0.25) is 10.0 Å². The second-order valence-electron chi connectivity index (χ2n) is 15.9. The number of piperidine rings is 2. The van der Waals surface area contributed by atoms with Crippen molar-refractivity contribution in [3.05, 3.63) is 104 Å². The maximum atomic E-state index is 13.8. The molecule has 0 radical (unpaired) electrons. The minimum Gasteiger partial charge on any atom is -0.396 e. The zero-order valence-corrected chi connectivity index (χ0v) is 33.2. The maximum Gasteiger partial charge on any atom is 0.416 e. The Bertz CT molecular complexity index is 1950. The van der Waals surface area contributed by atoms with Gasteiger partial charge in [-0.15, -0.1) is 0 Å². The molecular weight excluding hydrogens is 811 g/mol. The number of aliphatic hydroxyl groups excluding tert-OH is 1. The zero-order valence-electron chi connectivity index (χ0n) is 31.7. The van der Waals surface area contributed by atoms with Crippen molar-refractivity contribution >= 4 is 35.0 Å². The molecule has 3 saturated heterocycles. The number of aliphatic hydroxyl groups is 1. The van der Waals surface area contributed by atoms with E-state index in [4.69, 9.17) is 32.7 Å². The lowest BCUT2D eigenvalue weighted by Gasteiger charge is -2.46. The monoisotopic (exact) mass is 855 g/mol. The van der Waals surface area contributed by atoms with Crippen molar-refractivity contribution in [2.24, 2.45) is 5.92 Å². The van der Waals surface area contributed by atoms with Gasteiger partial charge in [-0.25, -0.2) is 0 Å². The van der Waals surface area contributed by atoms with Crippen LogP contribution in [0.15, 0.2) is 60.7 Å². The molecule has 3 aromatic rings. The lowest BCUT2D eigenvalue weighted by atomic mass is 9.72. The average molecular weight is 857 g/mol. The molecular formula is C42H45Cl2F6N3O5. The maximum absolute atomic E-state index is 13.8. The van der Waals surface area contributed by atoms with Crippen molar-refractivity contribution in [1.82, 2.24) is 14.7 Å². The Morgan fingerprint density at radius 3 is 2.16 bits per heavy atom. The molecule has 16 heteroatoms. The first-order valence-corrected chi connectivity index (χ1v) is 20.3. The summed E-state index contributed by atoms with van der Waals surface area (Å²) in [7, 11) is 0. The molecule has 1 spiro atoms. The molecule has 0 unspecified atom stereocenters. The van der Waals surface area contributed by atoms with Crippen LogP contribution in [-0.2, 0) is 44.1 Å². The molecule has 1 aliphatic carbocycles. The van der Waals surface area contributed by atoms with Gasteiger partial charge in [-0.3, -0.25) is 9.59 Å². The molecule has 4 aliphatic rings. The van der Waals surface area contributed by atoms with Crippen LogP contribution in [0, 0.1) is 5.92 Å². The van der Waals surface area contributed by atoms with Crippen LogP contribution in [0.25, 0.3) is 0 Å². The minimum atomic E-state index is -5.11. The Hall–Kier alpha value is -3.40. The smallest absolute Gasteiger partial charge is 0.396 e. The van der Waals surface area contributed by atoms with Crippen LogP contribution in [0.1, 0.15) is 70.3 Å². The third-order valence-electron chi connectivity index (χ3n) is 12.5. The van der Waals surface area contributed by atoms with Crippen LogP contribution in [0.5, 0.6) is 0 Å². The molecule has 0 aromatic heterocycles. The van der Waals surface area contributed by atoms with E-state index in [2.05, 4.69) is 17.0 Å². The summed E-state index contributed by atoms with van der Waals surface area (Å²) >= 11 is 12.7. The number of likely N-dealkylation sites (tertiary alicyclic amines) is 2. The average Bonchev–Trinajstić information content (AvgIpc) is 3.51. The molecule has 314 valence electrons. The number of ether oxygens (including phenoxy) is 2. The van der Waals surface area contributed by atoms with Crippen LogP contribution in [-0.4, -0.2) is 103 Å². The van der Waals surface area contributed by atoms with Crippen molar-refractivity contribution in [3.63, 3.8) is 0 Å². The third kappa shape index (κ3) is 8.88. The number of alkyl halides is 6. The molecule has 0 bridgehead atoms. The predicted molar refractivity (Wildman–Crippen MR) is 205 cm³/mol. The highest BCUT2D eigenvalue weighted by molar-refractivity contribution is 6.42. The Balaban J connectivity index is 1.08. The van der Waals surface area contributed by atoms with E-state index in [0.717, 1.165) is 25.7 Å². The summed E-state index contributed by atoms with van der Waals surface area (Å²) in [6, 6.07) is 14.1. The molecule has 3 aromatic carbocycles. The Morgan fingerprint density at radius 1 is 0.845 bits per heavy atom. The minimum absolute atomic E-state index is 0.000820. The van der Waals surface area contributed by atoms with Crippen LogP contribution >= 0.6 is 23.2 Å². The molecule has 2 amide bonds. The highest BCUT2D eigenvalue weighted by atomic mass is 35.5. The summed E-state index contributed by atoms with van der Waals surface area (Å²) < 4.78 is 95.2. The van der Waals surface area contributed by atoms with Crippen LogP contribution < -0.4 is 0 Å². The fraction of sp³-hybridized carbons (Fsp3) is 0.524. The fourth-order valence-corrected chi connectivity index (χ4v) is 9.47.